The third-order valence-electron chi connectivity index (χ3n) is 4.11. The fourth-order valence-electron chi connectivity index (χ4n) is 3.06. The van der Waals surface area contributed by atoms with Crippen molar-refractivity contribution >= 4 is 0 Å². The first kappa shape index (κ1) is 13.3. The Morgan fingerprint density at radius 2 is 1.75 bits per heavy atom. The van der Waals surface area contributed by atoms with Crippen LogP contribution >= 0.6 is 0 Å². The van der Waals surface area contributed by atoms with E-state index in [9.17, 15) is 5.11 Å². The molecule has 0 aromatic heterocycles. The number of hydrogen-bond donors (Lipinski definition) is 1. The van der Waals surface area contributed by atoms with Crippen molar-refractivity contribution in [1.82, 2.24) is 4.90 Å². The van der Waals surface area contributed by atoms with Gasteiger partial charge in [0, 0.05) is 25.6 Å². The minimum absolute atomic E-state index is 0.223. The van der Waals surface area contributed by atoms with Crippen molar-refractivity contribution in [1.29, 1.82) is 0 Å². The lowest BCUT2D eigenvalue weighted by atomic mass is 9.77. The summed E-state index contributed by atoms with van der Waals surface area (Å²) in [5.74, 6) is 0.626. The van der Waals surface area contributed by atoms with Crippen molar-refractivity contribution in [3.8, 4) is 0 Å². The van der Waals surface area contributed by atoms with E-state index in [2.05, 4.69) is 53.4 Å². The van der Waals surface area contributed by atoms with Crippen molar-refractivity contribution in [2.24, 2.45) is 0 Å². The molecule has 2 aromatic rings. The lowest BCUT2D eigenvalue weighted by Gasteiger charge is -2.34. The highest BCUT2D eigenvalue weighted by Crippen LogP contribution is 2.35. The minimum atomic E-state index is 0.223. The van der Waals surface area contributed by atoms with E-state index in [0.29, 0.717) is 5.92 Å². The highest BCUT2D eigenvalue weighted by molar-refractivity contribution is 5.40. The van der Waals surface area contributed by atoms with E-state index in [1.165, 1.54) is 23.1 Å². The summed E-state index contributed by atoms with van der Waals surface area (Å²) in [6, 6.07) is 19.2. The van der Waals surface area contributed by atoms with Crippen LogP contribution in [0.3, 0.4) is 0 Å². The Morgan fingerprint density at radius 3 is 2.50 bits per heavy atom. The number of fused-ring (bicyclic) bond motifs is 1. The summed E-state index contributed by atoms with van der Waals surface area (Å²) in [5.41, 5.74) is 4.29. The largest absolute Gasteiger partial charge is 0.395 e. The molecule has 0 amide bonds. The molecule has 0 radical (unpaired) electrons. The molecule has 0 bridgehead atoms. The van der Waals surface area contributed by atoms with Gasteiger partial charge in [0.25, 0.3) is 0 Å². The molecule has 0 spiro atoms. The van der Waals surface area contributed by atoms with Crippen molar-refractivity contribution < 1.29 is 5.11 Å². The van der Waals surface area contributed by atoms with Crippen LogP contribution in [0.1, 0.15) is 22.6 Å². The molecule has 2 aromatic carbocycles. The van der Waals surface area contributed by atoms with E-state index in [1.54, 1.807) is 0 Å². The van der Waals surface area contributed by atoms with Crippen LogP contribution in [0, 0.1) is 0 Å². The van der Waals surface area contributed by atoms with E-state index >= 15 is 0 Å². The molecule has 3 rings (SSSR count). The molecule has 104 valence electrons. The quantitative estimate of drug-likeness (QED) is 0.870. The number of aliphatic hydroxyl groups is 1. The second-order valence-corrected chi connectivity index (χ2v) is 5.54. The third-order valence-corrected chi connectivity index (χ3v) is 4.11. The maximum atomic E-state index is 9.27. The molecule has 1 atom stereocenters. The molecule has 1 unspecified atom stereocenters. The van der Waals surface area contributed by atoms with Crippen molar-refractivity contribution in [3.05, 3.63) is 71.3 Å². The third kappa shape index (κ3) is 2.92. The molecule has 2 nitrogen and oxygen atoms in total. The average Bonchev–Trinajstić information content (AvgIpc) is 2.46. The Morgan fingerprint density at radius 1 is 1.00 bits per heavy atom. The van der Waals surface area contributed by atoms with Crippen LogP contribution in [0.5, 0.6) is 0 Å². The SMILES string of the molecule is OCCN(Cc1ccccc1)CC1Cc2ccccc21. The summed E-state index contributed by atoms with van der Waals surface area (Å²) >= 11 is 0. The summed E-state index contributed by atoms with van der Waals surface area (Å²) in [6.45, 7) is 2.92. The van der Waals surface area contributed by atoms with E-state index in [1.807, 2.05) is 6.07 Å². The molecule has 1 N–H and O–H groups in total. The lowest BCUT2D eigenvalue weighted by Crippen LogP contribution is -2.34. The van der Waals surface area contributed by atoms with E-state index in [0.717, 1.165) is 19.6 Å². The zero-order chi connectivity index (χ0) is 13.8. The molecule has 0 saturated heterocycles. The first-order valence-corrected chi connectivity index (χ1v) is 7.32. The average molecular weight is 267 g/mol. The summed E-state index contributed by atoms with van der Waals surface area (Å²) < 4.78 is 0. The molecule has 0 fully saturated rings. The second kappa shape index (κ2) is 6.21. The molecule has 1 aliphatic rings. The fourth-order valence-corrected chi connectivity index (χ4v) is 3.06. The number of benzene rings is 2. The molecular weight excluding hydrogens is 246 g/mol. The monoisotopic (exact) mass is 267 g/mol. The van der Waals surface area contributed by atoms with Gasteiger partial charge in [0.15, 0.2) is 0 Å². The summed E-state index contributed by atoms with van der Waals surface area (Å²) in [5, 5.41) is 9.27. The van der Waals surface area contributed by atoms with Gasteiger partial charge in [-0.1, -0.05) is 54.6 Å². The van der Waals surface area contributed by atoms with Crippen LogP contribution in [-0.2, 0) is 13.0 Å². The zero-order valence-corrected chi connectivity index (χ0v) is 11.7. The summed E-state index contributed by atoms with van der Waals surface area (Å²) in [7, 11) is 0. The van der Waals surface area contributed by atoms with Gasteiger partial charge in [0.05, 0.1) is 6.61 Å². The minimum Gasteiger partial charge on any atom is -0.395 e. The smallest absolute Gasteiger partial charge is 0.0558 e. The van der Waals surface area contributed by atoms with Crippen LogP contribution in [0.25, 0.3) is 0 Å². The molecule has 0 aliphatic heterocycles. The summed E-state index contributed by atoms with van der Waals surface area (Å²) in [4.78, 5) is 2.36. The van der Waals surface area contributed by atoms with Crippen molar-refractivity contribution in [2.75, 3.05) is 19.7 Å². The topological polar surface area (TPSA) is 23.5 Å². The van der Waals surface area contributed by atoms with Crippen LogP contribution in [0.2, 0.25) is 0 Å². The predicted octanol–water partition coefficient (Wildman–Crippen LogP) is 2.82. The molecule has 0 heterocycles. The molecule has 1 aliphatic carbocycles. The predicted molar refractivity (Wildman–Crippen MR) is 81.7 cm³/mol. The zero-order valence-electron chi connectivity index (χ0n) is 11.7. The number of hydrogen-bond acceptors (Lipinski definition) is 2. The first-order chi connectivity index (χ1) is 9.86. The Kier molecular flexibility index (Phi) is 4.14. The van der Waals surface area contributed by atoms with Crippen LogP contribution in [0.4, 0.5) is 0 Å². The van der Waals surface area contributed by atoms with Crippen LogP contribution in [0.15, 0.2) is 54.6 Å². The standard InChI is InChI=1S/C18H21NO/c20-11-10-19(13-15-6-2-1-3-7-15)14-17-12-16-8-4-5-9-18(16)17/h1-9,17,20H,10-14H2. The van der Waals surface area contributed by atoms with Gasteiger partial charge in [-0.2, -0.15) is 0 Å². The second-order valence-electron chi connectivity index (χ2n) is 5.54. The Balaban J connectivity index is 1.64. The number of aliphatic hydroxyl groups excluding tert-OH is 1. The first-order valence-electron chi connectivity index (χ1n) is 7.32. The van der Waals surface area contributed by atoms with Gasteiger partial charge in [0.2, 0.25) is 0 Å². The van der Waals surface area contributed by atoms with Crippen LogP contribution in [-0.4, -0.2) is 29.7 Å². The molecule has 20 heavy (non-hydrogen) atoms. The van der Waals surface area contributed by atoms with E-state index in [-0.39, 0.29) is 6.61 Å². The van der Waals surface area contributed by atoms with Gasteiger partial charge in [-0.05, 0) is 23.1 Å². The van der Waals surface area contributed by atoms with Crippen molar-refractivity contribution in [3.63, 3.8) is 0 Å². The highest BCUT2D eigenvalue weighted by atomic mass is 16.3. The lowest BCUT2D eigenvalue weighted by molar-refractivity contribution is 0.178. The van der Waals surface area contributed by atoms with Crippen LogP contribution < -0.4 is 0 Å². The van der Waals surface area contributed by atoms with Gasteiger partial charge < -0.3 is 5.11 Å². The number of rotatable bonds is 6. The Bertz CT molecular complexity index is 552. The Hall–Kier alpha value is -1.64. The van der Waals surface area contributed by atoms with Gasteiger partial charge in [-0.15, -0.1) is 0 Å². The highest BCUT2D eigenvalue weighted by Gasteiger charge is 2.27. The normalized spacial score (nSPS) is 16.8. The van der Waals surface area contributed by atoms with Gasteiger partial charge >= 0.3 is 0 Å². The maximum absolute atomic E-state index is 9.27. The van der Waals surface area contributed by atoms with Gasteiger partial charge in [-0.3, -0.25) is 4.90 Å². The van der Waals surface area contributed by atoms with Gasteiger partial charge in [0.1, 0.15) is 0 Å². The van der Waals surface area contributed by atoms with E-state index in [4.69, 9.17) is 0 Å². The Labute approximate surface area is 120 Å². The fraction of sp³-hybridized carbons (Fsp3) is 0.333. The van der Waals surface area contributed by atoms with E-state index < -0.39 is 0 Å². The molecule has 0 saturated carbocycles. The number of nitrogens with zero attached hydrogens (tertiary/aromatic N) is 1. The summed E-state index contributed by atoms with van der Waals surface area (Å²) in [6.07, 6.45) is 1.17. The molecule has 2 heteroatoms. The van der Waals surface area contributed by atoms with Gasteiger partial charge in [-0.25, -0.2) is 0 Å². The maximum Gasteiger partial charge on any atom is 0.0558 e. The molecular formula is C18H21NO. The van der Waals surface area contributed by atoms with Crippen molar-refractivity contribution in [2.45, 2.75) is 18.9 Å².